The molecule has 144 valence electrons. The van der Waals surface area contributed by atoms with Crippen molar-refractivity contribution in [2.24, 2.45) is 0 Å². The zero-order valence-electron chi connectivity index (χ0n) is 15.6. The van der Waals surface area contributed by atoms with Crippen LogP contribution in [0, 0.1) is 0 Å². The van der Waals surface area contributed by atoms with Gasteiger partial charge < -0.3 is 14.5 Å². The highest BCUT2D eigenvalue weighted by atomic mass is 32.1. The van der Waals surface area contributed by atoms with Crippen LogP contribution in [0.4, 0.5) is 0 Å². The van der Waals surface area contributed by atoms with Crippen LogP contribution in [0.3, 0.4) is 0 Å². The van der Waals surface area contributed by atoms with Gasteiger partial charge in [-0.1, -0.05) is 18.2 Å². The number of ether oxygens (including phenoxy) is 1. The van der Waals surface area contributed by atoms with Crippen molar-refractivity contribution in [2.75, 3.05) is 32.8 Å². The second-order valence-corrected chi connectivity index (χ2v) is 7.37. The highest BCUT2D eigenvalue weighted by Crippen LogP contribution is 2.24. The number of benzene rings is 2. The first kappa shape index (κ1) is 18.4. The minimum absolute atomic E-state index is 0.0192. The van der Waals surface area contributed by atoms with Gasteiger partial charge in [-0.15, -0.1) is 0 Å². The Balaban J connectivity index is 1.40. The van der Waals surface area contributed by atoms with E-state index >= 15 is 0 Å². The van der Waals surface area contributed by atoms with E-state index in [1.807, 2.05) is 43.3 Å². The van der Waals surface area contributed by atoms with Crippen molar-refractivity contribution < 1.29 is 14.3 Å². The molecule has 0 atom stereocenters. The highest BCUT2D eigenvalue weighted by Gasteiger charge is 2.27. The second kappa shape index (κ2) is 7.98. The van der Waals surface area contributed by atoms with E-state index in [0.29, 0.717) is 44.0 Å². The van der Waals surface area contributed by atoms with E-state index in [-0.39, 0.29) is 11.8 Å². The number of piperazine rings is 1. The molecule has 1 fully saturated rings. The molecular formula is C21H21N3O3S. The summed E-state index contributed by atoms with van der Waals surface area (Å²) in [5.41, 5.74) is 1.14. The quantitative estimate of drug-likeness (QED) is 0.680. The smallest absolute Gasteiger partial charge is 0.274 e. The van der Waals surface area contributed by atoms with E-state index in [2.05, 4.69) is 4.37 Å². The van der Waals surface area contributed by atoms with Crippen molar-refractivity contribution in [3.63, 3.8) is 0 Å². The fraction of sp³-hybridized carbons (Fsp3) is 0.286. The summed E-state index contributed by atoms with van der Waals surface area (Å²) >= 11 is 1.34. The molecule has 0 saturated carbocycles. The number of carbonyl (C=O) groups excluding carboxylic acids is 2. The lowest BCUT2D eigenvalue weighted by Gasteiger charge is -2.34. The molecule has 2 heterocycles. The van der Waals surface area contributed by atoms with Crippen LogP contribution in [-0.2, 0) is 0 Å². The van der Waals surface area contributed by atoms with Gasteiger partial charge in [0.2, 0.25) is 0 Å². The Morgan fingerprint density at radius 3 is 2.29 bits per heavy atom. The van der Waals surface area contributed by atoms with Gasteiger partial charge in [0.25, 0.3) is 11.8 Å². The molecule has 0 radical (unpaired) electrons. The molecule has 1 saturated heterocycles. The molecule has 3 aromatic rings. The Hall–Kier alpha value is -2.93. The average Bonchev–Trinajstić information content (AvgIpc) is 3.18. The maximum absolute atomic E-state index is 12.9. The number of rotatable bonds is 4. The molecule has 4 rings (SSSR count). The molecule has 1 aliphatic heterocycles. The van der Waals surface area contributed by atoms with Crippen LogP contribution < -0.4 is 4.74 Å². The first-order chi connectivity index (χ1) is 13.7. The lowest BCUT2D eigenvalue weighted by molar-refractivity contribution is 0.0534. The topological polar surface area (TPSA) is 62.7 Å². The summed E-state index contributed by atoms with van der Waals surface area (Å²) < 4.78 is 10.8. The van der Waals surface area contributed by atoms with Crippen LogP contribution in [0.25, 0.3) is 10.1 Å². The van der Waals surface area contributed by atoms with Gasteiger partial charge in [-0.05, 0) is 48.8 Å². The Kier molecular flexibility index (Phi) is 5.25. The number of nitrogens with zero attached hydrogens (tertiary/aromatic N) is 3. The van der Waals surface area contributed by atoms with Crippen molar-refractivity contribution in [2.45, 2.75) is 6.92 Å². The summed E-state index contributed by atoms with van der Waals surface area (Å²) in [6, 6.07) is 14.9. The van der Waals surface area contributed by atoms with Gasteiger partial charge in [0.15, 0.2) is 0 Å². The van der Waals surface area contributed by atoms with Crippen LogP contribution in [0.1, 0.15) is 27.8 Å². The Morgan fingerprint density at radius 2 is 1.61 bits per heavy atom. The number of amides is 2. The predicted molar refractivity (Wildman–Crippen MR) is 109 cm³/mol. The fourth-order valence-electron chi connectivity index (χ4n) is 3.35. The normalized spacial score (nSPS) is 14.3. The predicted octanol–water partition coefficient (Wildman–Crippen LogP) is 3.29. The summed E-state index contributed by atoms with van der Waals surface area (Å²) in [7, 11) is 0. The first-order valence-corrected chi connectivity index (χ1v) is 10.1. The standard InChI is InChI=1S/C21H21N3O3S/c1-2-27-16-9-7-15(8-10-16)20(25)23-11-13-24(14-12-23)21(26)19-17-5-3-4-6-18(17)28-22-19/h3-10H,2,11-14H2,1H3. The maximum Gasteiger partial charge on any atom is 0.274 e. The molecule has 0 aliphatic carbocycles. The molecular weight excluding hydrogens is 374 g/mol. The summed E-state index contributed by atoms with van der Waals surface area (Å²) in [5.74, 6) is 0.671. The molecule has 1 aliphatic rings. The molecule has 7 heteroatoms. The average molecular weight is 395 g/mol. The van der Waals surface area contributed by atoms with Crippen LogP contribution >= 0.6 is 11.5 Å². The molecule has 0 bridgehead atoms. The van der Waals surface area contributed by atoms with Gasteiger partial charge in [-0.2, -0.15) is 4.37 Å². The Labute approximate surface area is 167 Å². The molecule has 2 aromatic carbocycles. The first-order valence-electron chi connectivity index (χ1n) is 9.33. The minimum Gasteiger partial charge on any atom is -0.494 e. The van der Waals surface area contributed by atoms with Gasteiger partial charge in [0, 0.05) is 37.1 Å². The van der Waals surface area contributed by atoms with E-state index < -0.39 is 0 Å². The van der Waals surface area contributed by atoms with Crippen LogP contribution in [0.5, 0.6) is 5.75 Å². The molecule has 0 spiro atoms. The monoisotopic (exact) mass is 395 g/mol. The third-order valence-corrected chi connectivity index (χ3v) is 5.67. The van der Waals surface area contributed by atoms with Crippen molar-refractivity contribution >= 4 is 33.4 Å². The van der Waals surface area contributed by atoms with Crippen molar-refractivity contribution in [3.8, 4) is 5.75 Å². The second-order valence-electron chi connectivity index (χ2n) is 6.57. The third-order valence-electron chi connectivity index (χ3n) is 4.85. The zero-order valence-corrected chi connectivity index (χ0v) is 16.4. The van der Waals surface area contributed by atoms with E-state index in [1.165, 1.54) is 11.5 Å². The van der Waals surface area contributed by atoms with Crippen LogP contribution in [0.2, 0.25) is 0 Å². The zero-order chi connectivity index (χ0) is 19.5. The van der Waals surface area contributed by atoms with Crippen molar-refractivity contribution in [3.05, 3.63) is 59.8 Å². The number of carbonyl (C=O) groups is 2. The molecule has 2 amide bonds. The Bertz CT molecular complexity index is 992. The summed E-state index contributed by atoms with van der Waals surface area (Å²) in [4.78, 5) is 29.2. The van der Waals surface area contributed by atoms with E-state index in [9.17, 15) is 9.59 Å². The van der Waals surface area contributed by atoms with Crippen molar-refractivity contribution in [1.29, 1.82) is 0 Å². The summed E-state index contributed by atoms with van der Waals surface area (Å²) in [5, 5.41) is 0.894. The van der Waals surface area contributed by atoms with E-state index in [1.54, 1.807) is 21.9 Å². The maximum atomic E-state index is 12.9. The summed E-state index contributed by atoms with van der Waals surface area (Å²) in [6.07, 6.45) is 0. The summed E-state index contributed by atoms with van der Waals surface area (Å²) in [6.45, 7) is 4.56. The SMILES string of the molecule is CCOc1ccc(C(=O)N2CCN(C(=O)c3nsc4ccccc34)CC2)cc1. The van der Waals surface area contributed by atoms with Gasteiger partial charge >= 0.3 is 0 Å². The highest BCUT2D eigenvalue weighted by molar-refractivity contribution is 7.13. The van der Waals surface area contributed by atoms with Gasteiger partial charge in [0.1, 0.15) is 11.4 Å². The largest absolute Gasteiger partial charge is 0.494 e. The number of fused-ring (bicyclic) bond motifs is 1. The lowest BCUT2D eigenvalue weighted by Crippen LogP contribution is -2.50. The Morgan fingerprint density at radius 1 is 0.964 bits per heavy atom. The number of aromatic nitrogens is 1. The van der Waals surface area contributed by atoms with Crippen molar-refractivity contribution in [1.82, 2.24) is 14.2 Å². The lowest BCUT2D eigenvalue weighted by atomic mass is 10.1. The van der Waals surface area contributed by atoms with Gasteiger partial charge in [0.05, 0.1) is 11.3 Å². The number of hydrogen-bond donors (Lipinski definition) is 0. The minimum atomic E-state index is -0.0642. The van der Waals surface area contributed by atoms with E-state index in [0.717, 1.165) is 15.8 Å². The van der Waals surface area contributed by atoms with E-state index in [4.69, 9.17) is 4.74 Å². The molecule has 28 heavy (non-hydrogen) atoms. The van der Waals surface area contributed by atoms with Crippen LogP contribution in [-0.4, -0.2) is 58.8 Å². The van der Waals surface area contributed by atoms with Gasteiger partial charge in [-0.25, -0.2) is 0 Å². The fourth-order valence-corrected chi connectivity index (χ4v) is 4.11. The molecule has 6 nitrogen and oxygen atoms in total. The van der Waals surface area contributed by atoms with Crippen LogP contribution in [0.15, 0.2) is 48.5 Å². The molecule has 0 N–H and O–H groups in total. The molecule has 0 unspecified atom stereocenters. The molecule has 1 aromatic heterocycles. The van der Waals surface area contributed by atoms with Gasteiger partial charge in [-0.3, -0.25) is 9.59 Å². The number of hydrogen-bond acceptors (Lipinski definition) is 5. The third kappa shape index (κ3) is 3.57.